The molecule has 4 atom stereocenters. The zero-order valence-corrected chi connectivity index (χ0v) is 76.8. The van der Waals surface area contributed by atoms with Crippen LogP contribution in [0.15, 0.2) is 370 Å². The van der Waals surface area contributed by atoms with Crippen molar-refractivity contribution >= 4 is 65.4 Å². The van der Waals surface area contributed by atoms with Gasteiger partial charge in [0.05, 0.1) is 33.1 Å². The second-order valence-corrected chi connectivity index (χ2v) is 45.5. The van der Waals surface area contributed by atoms with Crippen LogP contribution in [0.25, 0.3) is 127 Å². The van der Waals surface area contributed by atoms with Gasteiger partial charge in [0.1, 0.15) is 0 Å². The van der Waals surface area contributed by atoms with Crippen LogP contribution in [0.1, 0.15) is 187 Å². The average Bonchev–Trinajstić information content (AvgIpc) is 1.47. The van der Waals surface area contributed by atoms with Crippen molar-refractivity contribution in [2.24, 2.45) is 59.2 Å². The topological polar surface area (TPSA) is 14.8 Å². The molecule has 3 aromatic heterocycles. The molecule has 15 aromatic carbocycles. The van der Waals surface area contributed by atoms with E-state index in [4.69, 9.17) is 0 Å². The summed E-state index contributed by atoms with van der Waals surface area (Å²) in [5.74, 6) is 9.33. The predicted molar refractivity (Wildman–Crippen MR) is 553 cm³/mol. The molecule has 16 aliphatic rings. The van der Waals surface area contributed by atoms with Crippen LogP contribution < -0.4 is 0 Å². The summed E-state index contributed by atoms with van der Waals surface area (Å²) in [5.41, 5.74) is 33.4. The third kappa shape index (κ3) is 13.1. The molecule has 16 saturated carbocycles. The molecule has 3 nitrogen and oxygen atoms in total. The molecular weight excluding hydrogens is 1600 g/mol. The Morgan fingerprint density at radius 2 is 0.353 bits per heavy atom. The van der Waals surface area contributed by atoms with Crippen molar-refractivity contribution in [1.29, 1.82) is 0 Å². The fourth-order valence-corrected chi connectivity index (χ4v) is 33.7. The Hall–Kier alpha value is -12.3. The molecule has 16 bridgehead atoms. The molecular formula is C130H119N3. The molecule has 0 N–H and O–H groups in total. The van der Waals surface area contributed by atoms with E-state index in [0.29, 0.717) is 21.7 Å². The summed E-state index contributed by atoms with van der Waals surface area (Å²) in [6, 6.07) is 140. The fraction of sp³-hybridized carbons (Fsp3) is 0.308. The van der Waals surface area contributed by atoms with Crippen molar-refractivity contribution in [3.05, 3.63) is 403 Å². The number of para-hydroxylation sites is 3. The van der Waals surface area contributed by atoms with E-state index >= 15 is 0 Å². The molecule has 3 heterocycles. The van der Waals surface area contributed by atoms with Crippen molar-refractivity contribution in [1.82, 2.24) is 13.7 Å². The Bertz CT molecular complexity index is 7070. The maximum atomic E-state index is 2.71. The van der Waals surface area contributed by atoms with Gasteiger partial charge in [0.15, 0.2) is 0 Å². The van der Waals surface area contributed by atoms with Crippen LogP contribution in [-0.4, -0.2) is 13.7 Å². The van der Waals surface area contributed by atoms with Crippen molar-refractivity contribution in [2.45, 2.75) is 187 Å². The number of benzene rings is 15. The number of aromatic nitrogens is 3. The summed E-state index contributed by atoms with van der Waals surface area (Å²) in [7, 11) is 0. The highest BCUT2D eigenvalue weighted by Crippen LogP contribution is 2.70. The van der Waals surface area contributed by atoms with Crippen LogP contribution in [0, 0.1) is 59.2 Å². The lowest BCUT2D eigenvalue weighted by atomic mass is 9.41. The minimum atomic E-state index is 0.287. The van der Waals surface area contributed by atoms with Crippen LogP contribution in [0.2, 0.25) is 0 Å². The van der Waals surface area contributed by atoms with Gasteiger partial charge in [0.25, 0.3) is 0 Å². The van der Waals surface area contributed by atoms with Gasteiger partial charge in [-0.1, -0.05) is 249 Å². The normalized spacial score (nSPS) is 29.1. The number of rotatable bonds is 13. The Labute approximate surface area is 784 Å². The first-order valence-electron chi connectivity index (χ1n) is 51.3. The van der Waals surface area contributed by atoms with Crippen molar-refractivity contribution < 1.29 is 0 Å². The molecule has 4 unspecified atom stereocenters. The molecule has 0 spiro atoms. The van der Waals surface area contributed by atoms with Crippen molar-refractivity contribution in [3.8, 4) is 61.6 Å². The van der Waals surface area contributed by atoms with Gasteiger partial charge in [-0.05, 0) is 445 Å². The molecule has 16 aliphatic carbocycles. The Kier molecular flexibility index (Phi) is 18.2. The lowest BCUT2D eigenvalue weighted by molar-refractivity contribution is -0.0282. The number of hydrogen-bond acceptors (Lipinski definition) is 0. The van der Waals surface area contributed by atoms with Gasteiger partial charge in [-0.25, -0.2) is 0 Å². The van der Waals surface area contributed by atoms with Crippen LogP contribution >= 0.6 is 0 Å². The van der Waals surface area contributed by atoms with Gasteiger partial charge >= 0.3 is 0 Å². The zero-order valence-electron chi connectivity index (χ0n) is 76.8. The lowest BCUT2D eigenvalue weighted by Crippen LogP contribution is -2.55. The van der Waals surface area contributed by atoms with Crippen LogP contribution in [0.3, 0.4) is 0 Å². The second kappa shape index (κ2) is 30.6. The second-order valence-electron chi connectivity index (χ2n) is 45.5. The molecule has 654 valence electrons. The van der Waals surface area contributed by atoms with E-state index in [1.807, 2.05) is 0 Å². The zero-order chi connectivity index (χ0) is 87.4. The fourth-order valence-electron chi connectivity index (χ4n) is 33.7. The molecule has 0 radical (unpaired) electrons. The molecule has 0 saturated heterocycles. The van der Waals surface area contributed by atoms with Gasteiger partial charge in [-0.15, -0.1) is 0 Å². The molecule has 16 fully saturated rings. The molecule has 34 rings (SSSR count). The van der Waals surface area contributed by atoms with E-state index in [1.165, 1.54) is 281 Å². The third-order valence-corrected chi connectivity index (χ3v) is 37.4. The predicted octanol–water partition coefficient (Wildman–Crippen LogP) is 33.5. The highest BCUT2D eigenvalue weighted by atomic mass is 15.0. The third-order valence-electron chi connectivity index (χ3n) is 37.4. The molecule has 18 aromatic rings. The van der Waals surface area contributed by atoms with E-state index in [-0.39, 0.29) is 10.8 Å². The van der Waals surface area contributed by atoms with Crippen molar-refractivity contribution in [2.75, 3.05) is 0 Å². The standard InChI is InChI=1S/C50H49N.C42H29N.C38H41N/c1-4-10-38(11-5-1)47-24-34-20-35(25-47)29-49(28-34,32-47)40-16-18-45-43(22-40)44-23-41(17-19-46(44)51(45)42-14-8-3-9-15-42)50-30-36-21-37(31-50)27-48(26-36,33-50)39-12-6-2-7-13-39;1-4-12-30(13-5-1)32-16-10-18-34(26-32)36-22-24-41-39(28-36)40-29-37(23-25-42(40)43(41)38-20-8-3-9-21-38)35-19-11-17-33(27-35)31-14-6-2-7-15-31;1-2-4-32(5-3-1)39-35-8-6-30(37-18-24-10-25(19-37)12-26(11-24)20-37)16-33(35)34-17-31(7-9-36(34)39)38-21-27-13-28(22-38)15-29(14-27)23-38/h1-19,22-23,34-37H,20-21,24-33H2;1-29H;1-9,16-17,24-29H,10-15,18-23H2. The van der Waals surface area contributed by atoms with E-state index in [9.17, 15) is 0 Å². The monoisotopic (exact) mass is 1720 g/mol. The highest BCUT2D eigenvalue weighted by Gasteiger charge is 2.61. The summed E-state index contributed by atoms with van der Waals surface area (Å²) >= 11 is 0. The molecule has 0 amide bonds. The first-order chi connectivity index (χ1) is 65.5. The average molecular weight is 1720 g/mol. The number of hydrogen-bond donors (Lipinski definition) is 0. The SMILES string of the molecule is c1ccc(-c2cccc(-c3ccc4c(c3)c3cc(-c5cccc(-c6ccccc6)c5)ccc3n4-c3ccccc3)c2)cc1.c1ccc(-n2c3ccc(C45CC6CC(CC(C6)C4)C5)cc3c3cc(C45CC6CC(CC(C6)C4)C5)ccc32)cc1.c1ccc(-n2c3ccc(C45CC6CC(CC(c7ccccc7)(C6)C4)C5)cc3c3cc(C45CC6CC(CC(c7ccccc7)(C6)C4)C5)ccc32)cc1. The Morgan fingerprint density at radius 1 is 0.150 bits per heavy atom. The first-order valence-corrected chi connectivity index (χ1v) is 51.3. The summed E-state index contributed by atoms with van der Waals surface area (Å²) in [5, 5.41) is 8.47. The summed E-state index contributed by atoms with van der Waals surface area (Å²) in [6.07, 6.45) is 34.4. The van der Waals surface area contributed by atoms with Gasteiger partial charge in [-0.3, -0.25) is 0 Å². The number of nitrogens with zero attached hydrogens (tertiary/aromatic N) is 3. The largest absolute Gasteiger partial charge is 0.309 e. The Morgan fingerprint density at radius 3 is 0.639 bits per heavy atom. The Balaban J connectivity index is 0.000000101. The number of fused-ring (bicyclic) bond motifs is 9. The van der Waals surface area contributed by atoms with Gasteiger partial charge in [0, 0.05) is 49.4 Å². The lowest BCUT2D eigenvalue weighted by Gasteiger charge is -2.63. The van der Waals surface area contributed by atoms with Crippen LogP contribution in [0.5, 0.6) is 0 Å². The minimum Gasteiger partial charge on any atom is -0.309 e. The van der Waals surface area contributed by atoms with Gasteiger partial charge in [-0.2, -0.15) is 0 Å². The first kappa shape index (κ1) is 79.3. The van der Waals surface area contributed by atoms with Gasteiger partial charge < -0.3 is 13.7 Å². The van der Waals surface area contributed by atoms with Crippen LogP contribution in [-0.2, 0) is 32.5 Å². The quantitative estimate of drug-likeness (QED) is 0.109. The summed E-state index contributed by atoms with van der Waals surface area (Å²) < 4.78 is 7.51. The van der Waals surface area contributed by atoms with E-state index < -0.39 is 0 Å². The maximum absolute atomic E-state index is 2.71. The highest BCUT2D eigenvalue weighted by molar-refractivity contribution is 6.13. The van der Waals surface area contributed by atoms with Crippen molar-refractivity contribution in [3.63, 3.8) is 0 Å². The van der Waals surface area contributed by atoms with E-state index in [2.05, 4.69) is 384 Å². The molecule has 3 heteroatoms. The summed E-state index contributed by atoms with van der Waals surface area (Å²) in [6.45, 7) is 0. The van der Waals surface area contributed by atoms with Crippen LogP contribution in [0.4, 0.5) is 0 Å². The molecule has 133 heavy (non-hydrogen) atoms. The minimum absolute atomic E-state index is 0.287. The van der Waals surface area contributed by atoms with E-state index in [1.54, 1.807) is 33.4 Å². The maximum Gasteiger partial charge on any atom is 0.0541 e. The smallest absolute Gasteiger partial charge is 0.0541 e. The molecule has 0 aliphatic heterocycles. The van der Waals surface area contributed by atoms with E-state index in [0.717, 1.165) is 59.2 Å². The van der Waals surface area contributed by atoms with Gasteiger partial charge in [0.2, 0.25) is 0 Å². The summed E-state index contributed by atoms with van der Waals surface area (Å²) in [4.78, 5) is 0.